The Balaban J connectivity index is 0.982. The molecular formula is C65H90N8O4. The van der Waals surface area contributed by atoms with E-state index in [1.165, 1.54) is 157 Å². The summed E-state index contributed by atoms with van der Waals surface area (Å²) in [4.78, 5) is 76.9. The molecule has 0 saturated heterocycles. The number of fused-ring (bicyclic) bond motifs is 2. The highest BCUT2D eigenvalue weighted by Gasteiger charge is 2.37. The van der Waals surface area contributed by atoms with Crippen LogP contribution in [0.2, 0.25) is 0 Å². The van der Waals surface area contributed by atoms with Gasteiger partial charge < -0.3 is 15.5 Å². The van der Waals surface area contributed by atoms with Crippen molar-refractivity contribution >= 4 is 84.6 Å². The number of amides is 4. The Hall–Kier alpha value is -5.91. The number of unbranched alkanes of at least 4 members (excludes halogenated alkanes) is 24. The number of hydrogen-bond acceptors (Lipinski definition) is 10. The van der Waals surface area contributed by atoms with Crippen LogP contribution in [0.1, 0.15) is 249 Å². The highest BCUT2D eigenvalue weighted by Crippen LogP contribution is 2.46. The van der Waals surface area contributed by atoms with Crippen molar-refractivity contribution in [3.8, 4) is 0 Å². The topological polar surface area (TPSA) is 141 Å². The van der Waals surface area contributed by atoms with Gasteiger partial charge in [0.15, 0.2) is 0 Å². The van der Waals surface area contributed by atoms with Crippen molar-refractivity contribution in [1.29, 1.82) is 0 Å². The minimum absolute atomic E-state index is 0.121. The first-order valence-electron chi connectivity index (χ1n) is 30.7. The van der Waals surface area contributed by atoms with Gasteiger partial charge in [0.1, 0.15) is 0 Å². The van der Waals surface area contributed by atoms with E-state index in [4.69, 9.17) is 15.0 Å². The average Bonchev–Trinajstić information content (AvgIpc) is 3.46. The highest BCUT2D eigenvalue weighted by atomic mass is 16.2. The third-order valence-electron chi connectivity index (χ3n) is 16.4. The molecule has 414 valence electrons. The van der Waals surface area contributed by atoms with Crippen LogP contribution < -0.4 is 15.5 Å². The number of nitrogens with zero attached hydrogens (tertiary/aromatic N) is 6. The first kappa shape index (κ1) is 57.3. The van der Waals surface area contributed by atoms with Gasteiger partial charge in [-0.05, 0) is 82.3 Å². The van der Waals surface area contributed by atoms with E-state index in [0.29, 0.717) is 57.4 Å². The van der Waals surface area contributed by atoms with E-state index < -0.39 is 0 Å². The number of hydrogen-bond donors (Lipinski definition) is 2. The molecule has 5 aromatic carbocycles. The van der Waals surface area contributed by atoms with E-state index >= 15 is 0 Å². The number of imide groups is 2. The van der Waals surface area contributed by atoms with Gasteiger partial charge >= 0.3 is 0 Å². The molecule has 2 aliphatic rings. The Labute approximate surface area is 459 Å². The Morgan fingerprint density at radius 3 is 1.05 bits per heavy atom. The number of carbonyl (C=O) groups excluding carboxylic acids is 4. The van der Waals surface area contributed by atoms with Crippen molar-refractivity contribution in [3.05, 3.63) is 70.8 Å². The van der Waals surface area contributed by atoms with Crippen molar-refractivity contribution in [2.24, 2.45) is 0 Å². The summed E-state index contributed by atoms with van der Waals surface area (Å²) in [6.45, 7) is 12.2. The summed E-state index contributed by atoms with van der Waals surface area (Å²) in [5.74, 6) is 0.442. The van der Waals surface area contributed by atoms with Crippen LogP contribution in [-0.2, 0) is 0 Å². The Kier molecular flexibility index (Phi) is 21.7. The third-order valence-corrected chi connectivity index (χ3v) is 16.4. The van der Waals surface area contributed by atoms with Gasteiger partial charge in [0, 0.05) is 72.3 Å². The van der Waals surface area contributed by atoms with E-state index in [0.717, 1.165) is 84.1 Å². The summed E-state index contributed by atoms with van der Waals surface area (Å²) in [5.41, 5.74) is 2.01. The molecule has 12 nitrogen and oxygen atoms in total. The fraction of sp³-hybridized carbons (Fsp3) is 0.585. The minimum atomic E-state index is -0.343. The first-order valence-corrected chi connectivity index (χ1v) is 30.7. The van der Waals surface area contributed by atoms with Gasteiger partial charge in [-0.25, -0.2) is 0 Å². The minimum Gasteiger partial charge on any atom is -0.354 e. The molecule has 3 heterocycles. The lowest BCUT2D eigenvalue weighted by atomic mass is 9.82. The molecule has 6 aromatic rings. The van der Waals surface area contributed by atoms with E-state index in [2.05, 4.69) is 36.3 Å². The molecule has 0 fully saturated rings. The molecule has 77 heavy (non-hydrogen) atoms. The summed E-state index contributed by atoms with van der Waals surface area (Å²) in [6, 6.07) is 15.2. The van der Waals surface area contributed by atoms with Crippen molar-refractivity contribution in [2.45, 2.75) is 207 Å². The van der Waals surface area contributed by atoms with Gasteiger partial charge in [-0.3, -0.25) is 29.0 Å². The zero-order valence-corrected chi connectivity index (χ0v) is 47.5. The number of nitrogens with one attached hydrogen (secondary N) is 2. The molecule has 2 N–H and O–H groups in total. The molecule has 0 atom stereocenters. The van der Waals surface area contributed by atoms with Crippen LogP contribution in [0.4, 0.5) is 17.8 Å². The van der Waals surface area contributed by atoms with E-state index in [9.17, 15) is 19.2 Å². The van der Waals surface area contributed by atoms with Crippen molar-refractivity contribution in [1.82, 2.24) is 24.8 Å². The van der Waals surface area contributed by atoms with Crippen LogP contribution in [0.3, 0.4) is 0 Å². The summed E-state index contributed by atoms with van der Waals surface area (Å²) >= 11 is 0. The first-order chi connectivity index (χ1) is 37.8. The summed E-state index contributed by atoms with van der Waals surface area (Å²) in [6.07, 6.45) is 34.4. The van der Waals surface area contributed by atoms with Crippen molar-refractivity contribution in [3.63, 3.8) is 0 Å². The molecule has 12 heteroatoms. The van der Waals surface area contributed by atoms with Gasteiger partial charge in [-0.1, -0.05) is 206 Å². The SMILES string of the molecule is CCCCCCCCCCCCNc1nc(NCCN2C(=O)c3ccc4c5ccc6c7c(ccc(c8ccc(c3c48)C2=O)c75)C(=O)N(CCCC)C6=O)nc(N(CCCCCCCC)CCCCCCCCCCCC)n1. The van der Waals surface area contributed by atoms with Crippen molar-refractivity contribution in [2.75, 3.05) is 54.8 Å². The predicted octanol–water partition coefficient (Wildman–Crippen LogP) is 16.4. The van der Waals surface area contributed by atoms with E-state index in [1.54, 1.807) is 0 Å². The van der Waals surface area contributed by atoms with Gasteiger partial charge in [0.25, 0.3) is 23.6 Å². The fourth-order valence-electron chi connectivity index (χ4n) is 12.0. The predicted molar refractivity (Wildman–Crippen MR) is 319 cm³/mol. The maximum absolute atomic E-state index is 14.6. The summed E-state index contributed by atoms with van der Waals surface area (Å²) in [7, 11) is 0. The quantitative estimate of drug-likeness (QED) is 0.0167. The number of carbonyl (C=O) groups is 4. The standard InChI is InChI=1S/C65H90N8O4/c1-5-9-13-16-19-21-23-25-27-30-41-66-63-68-64(70-65(69-63)71(43-31-28-18-15-11-7-3)44-32-29-26-24-22-20-17-14-10-6-2)67-42-46-73-61(76)53-39-35-49-47-33-37-51-57-52(60(75)72(59(51)74)45-12-8-4)38-34-48(55(47)57)50-36-40-54(62(73)77)58(53)56(49)50/h33-40H,5-32,41-46H2,1-4H3,(H2,66,67,68,69,70). The number of rotatable bonds is 38. The van der Waals surface area contributed by atoms with Crippen molar-refractivity contribution < 1.29 is 19.2 Å². The third kappa shape index (κ3) is 13.9. The van der Waals surface area contributed by atoms with Crippen LogP contribution in [0.15, 0.2) is 48.5 Å². The zero-order chi connectivity index (χ0) is 53.9. The molecule has 0 saturated carbocycles. The molecule has 2 aliphatic heterocycles. The second-order valence-corrected chi connectivity index (χ2v) is 22.3. The van der Waals surface area contributed by atoms with Gasteiger partial charge in [-0.15, -0.1) is 0 Å². The molecule has 8 rings (SSSR count). The molecule has 0 spiro atoms. The molecule has 4 amide bonds. The Bertz CT molecular complexity index is 2800. The number of benzene rings is 5. The Morgan fingerprint density at radius 1 is 0.351 bits per heavy atom. The average molecular weight is 1050 g/mol. The molecule has 0 bridgehead atoms. The second-order valence-electron chi connectivity index (χ2n) is 22.3. The normalized spacial score (nSPS) is 13.5. The monoisotopic (exact) mass is 1050 g/mol. The molecule has 0 aliphatic carbocycles. The van der Waals surface area contributed by atoms with Crippen LogP contribution in [0, 0.1) is 0 Å². The van der Waals surface area contributed by atoms with Crippen LogP contribution in [0.25, 0.3) is 43.1 Å². The fourth-order valence-corrected chi connectivity index (χ4v) is 12.0. The molecule has 1 aromatic heterocycles. The summed E-state index contributed by atoms with van der Waals surface area (Å²) < 4.78 is 0. The van der Waals surface area contributed by atoms with Crippen LogP contribution >= 0.6 is 0 Å². The largest absolute Gasteiger partial charge is 0.354 e. The highest BCUT2D eigenvalue weighted by molar-refractivity contribution is 6.41. The zero-order valence-electron chi connectivity index (χ0n) is 47.5. The molecule has 0 unspecified atom stereocenters. The van der Waals surface area contributed by atoms with E-state index in [-0.39, 0.29) is 36.7 Å². The summed E-state index contributed by atoms with van der Waals surface area (Å²) in [5, 5.41) is 13.5. The van der Waals surface area contributed by atoms with Crippen LogP contribution in [-0.4, -0.2) is 87.6 Å². The second kappa shape index (κ2) is 29.2. The number of aromatic nitrogens is 3. The van der Waals surface area contributed by atoms with Gasteiger partial charge in [0.05, 0.1) is 0 Å². The smallest absolute Gasteiger partial charge is 0.261 e. The van der Waals surface area contributed by atoms with Gasteiger partial charge in [-0.2, -0.15) is 15.0 Å². The molecular weight excluding hydrogens is 957 g/mol. The lowest BCUT2D eigenvalue weighted by Gasteiger charge is -2.30. The molecule has 0 radical (unpaired) electrons. The maximum Gasteiger partial charge on any atom is 0.261 e. The maximum atomic E-state index is 14.6. The lowest BCUT2D eigenvalue weighted by Crippen LogP contribution is -2.43. The van der Waals surface area contributed by atoms with E-state index in [1.807, 2.05) is 55.5 Å². The lowest BCUT2D eigenvalue weighted by molar-refractivity contribution is 0.0596. The number of anilines is 3. The van der Waals surface area contributed by atoms with Gasteiger partial charge in [0.2, 0.25) is 17.8 Å². The van der Waals surface area contributed by atoms with Crippen LogP contribution in [0.5, 0.6) is 0 Å². The Morgan fingerprint density at radius 2 is 0.675 bits per heavy atom.